The predicted octanol–water partition coefficient (Wildman–Crippen LogP) is 3.10. The topological polar surface area (TPSA) is 87.7 Å². The molecule has 0 unspecified atom stereocenters. The highest BCUT2D eigenvalue weighted by Gasteiger charge is 2.12. The second kappa shape index (κ2) is 6.42. The number of fused-ring (bicyclic) bond motifs is 1. The molecule has 120 valence electrons. The molecule has 0 radical (unpaired) electrons. The molecule has 0 fully saturated rings. The minimum Gasteiger partial charge on any atom is -0.301 e. The first-order valence-electron chi connectivity index (χ1n) is 6.79. The quantitative estimate of drug-likeness (QED) is 0.547. The van der Waals surface area contributed by atoms with Crippen molar-refractivity contribution < 1.29 is 4.79 Å². The van der Waals surface area contributed by atoms with Crippen molar-refractivity contribution in [3.63, 3.8) is 0 Å². The molecular weight excluding hydrogens is 352 g/mol. The number of rotatable bonds is 4. The first kappa shape index (κ1) is 16.2. The van der Waals surface area contributed by atoms with E-state index >= 15 is 0 Å². The van der Waals surface area contributed by atoms with Gasteiger partial charge in [0.15, 0.2) is 10.3 Å². The normalized spacial score (nSPS) is 11.1. The predicted molar refractivity (Wildman–Crippen MR) is 95.9 cm³/mol. The van der Waals surface area contributed by atoms with Crippen LogP contribution in [0.1, 0.15) is 16.1 Å². The Morgan fingerprint density at radius 2 is 2.13 bits per heavy atom. The molecule has 0 saturated carbocycles. The number of thiophene rings is 1. The Kier molecular flexibility index (Phi) is 4.51. The van der Waals surface area contributed by atoms with Crippen molar-refractivity contribution in [3.05, 3.63) is 31.9 Å². The number of thioether (sulfide) groups is 1. The van der Waals surface area contributed by atoms with E-state index in [0.29, 0.717) is 20.5 Å². The number of carbonyl (C=O) groups excluding carboxylic acids is 1. The minimum atomic E-state index is -0.172. The molecule has 0 atom stereocenters. The van der Waals surface area contributed by atoms with E-state index in [1.807, 2.05) is 26.2 Å². The standard InChI is InChI=1S/C14H14N4O2S3/c1-6-4-21-12-10(6)11(20)17-13(18-12)22-5-9(19)16-14-15-7(2)8(3)23-14/h4H,5H2,1-3H3,(H,15,16,19)(H,17,18,20). The van der Waals surface area contributed by atoms with Crippen LogP contribution in [-0.2, 0) is 4.79 Å². The molecule has 0 bridgehead atoms. The van der Waals surface area contributed by atoms with Gasteiger partial charge in [0.2, 0.25) is 5.91 Å². The SMILES string of the molecule is Cc1nc(NC(=O)CSc2nc3scc(C)c3c(=O)[nH]2)sc1C. The Morgan fingerprint density at radius 1 is 1.35 bits per heavy atom. The average Bonchev–Trinajstić information content (AvgIpc) is 3.00. The number of nitrogens with zero attached hydrogens (tertiary/aromatic N) is 2. The van der Waals surface area contributed by atoms with E-state index in [2.05, 4.69) is 20.3 Å². The maximum atomic E-state index is 12.0. The van der Waals surface area contributed by atoms with Gasteiger partial charge in [-0.05, 0) is 31.7 Å². The van der Waals surface area contributed by atoms with E-state index in [9.17, 15) is 9.59 Å². The number of H-pyrrole nitrogens is 1. The molecular formula is C14H14N4O2S3. The van der Waals surface area contributed by atoms with Crippen molar-refractivity contribution in [1.82, 2.24) is 15.0 Å². The summed E-state index contributed by atoms with van der Waals surface area (Å²) in [6.45, 7) is 5.75. The fourth-order valence-electron chi connectivity index (χ4n) is 1.95. The largest absolute Gasteiger partial charge is 0.301 e. The molecule has 23 heavy (non-hydrogen) atoms. The van der Waals surface area contributed by atoms with Crippen LogP contribution in [0.2, 0.25) is 0 Å². The van der Waals surface area contributed by atoms with Gasteiger partial charge in [-0.25, -0.2) is 9.97 Å². The van der Waals surface area contributed by atoms with Gasteiger partial charge in [0.25, 0.3) is 5.56 Å². The fourth-order valence-corrected chi connectivity index (χ4v) is 4.42. The number of carbonyl (C=O) groups is 1. The molecule has 0 aliphatic rings. The van der Waals surface area contributed by atoms with E-state index in [4.69, 9.17) is 0 Å². The molecule has 0 aliphatic carbocycles. The highest BCUT2D eigenvalue weighted by Crippen LogP contribution is 2.23. The monoisotopic (exact) mass is 366 g/mol. The van der Waals surface area contributed by atoms with Gasteiger partial charge in [0, 0.05) is 4.88 Å². The number of hydrogen-bond donors (Lipinski definition) is 2. The zero-order chi connectivity index (χ0) is 16.6. The third-order valence-electron chi connectivity index (χ3n) is 3.22. The minimum absolute atomic E-state index is 0.163. The number of amides is 1. The van der Waals surface area contributed by atoms with Crippen LogP contribution in [0.3, 0.4) is 0 Å². The zero-order valence-corrected chi connectivity index (χ0v) is 15.2. The van der Waals surface area contributed by atoms with Crippen LogP contribution in [0, 0.1) is 20.8 Å². The summed E-state index contributed by atoms with van der Waals surface area (Å²) in [5.74, 6) is -0.00918. The lowest BCUT2D eigenvalue weighted by atomic mass is 10.3. The molecule has 0 aliphatic heterocycles. The van der Waals surface area contributed by atoms with E-state index in [-0.39, 0.29) is 17.2 Å². The van der Waals surface area contributed by atoms with Crippen LogP contribution in [-0.4, -0.2) is 26.6 Å². The maximum absolute atomic E-state index is 12.0. The number of aromatic nitrogens is 3. The summed E-state index contributed by atoms with van der Waals surface area (Å²) in [6.07, 6.45) is 0. The number of aryl methyl sites for hydroxylation is 3. The molecule has 3 rings (SSSR count). The summed E-state index contributed by atoms with van der Waals surface area (Å²) in [7, 11) is 0. The number of hydrogen-bond acceptors (Lipinski definition) is 7. The van der Waals surface area contributed by atoms with Gasteiger partial charge >= 0.3 is 0 Å². The molecule has 2 N–H and O–H groups in total. The first-order chi connectivity index (χ1) is 10.9. The molecule has 6 nitrogen and oxygen atoms in total. The maximum Gasteiger partial charge on any atom is 0.260 e. The summed E-state index contributed by atoms with van der Waals surface area (Å²) in [5.41, 5.74) is 1.67. The highest BCUT2D eigenvalue weighted by atomic mass is 32.2. The van der Waals surface area contributed by atoms with Gasteiger partial charge in [-0.2, -0.15) is 0 Å². The summed E-state index contributed by atoms with van der Waals surface area (Å²) in [6, 6.07) is 0. The van der Waals surface area contributed by atoms with Crippen molar-refractivity contribution in [2.45, 2.75) is 25.9 Å². The van der Waals surface area contributed by atoms with Crippen LogP contribution in [0.25, 0.3) is 10.2 Å². The number of aromatic amines is 1. The molecule has 3 aromatic heterocycles. The average molecular weight is 366 g/mol. The lowest BCUT2D eigenvalue weighted by Crippen LogP contribution is -2.15. The summed E-state index contributed by atoms with van der Waals surface area (Å²) in [5, 5.41) is 6.33. The smallest absolute Gasteiger partial charge is 0.260 e. The summed E-state index contributed by atoms with van der Waals surface area (Å²) < 4.78 is 0. The lowest BCUT2D eigenvalue weighted by molar-refractivity contribution is -0.113. The van der Waals surface area contributed by atoms with E-state index < -0.39 is 0 Å². The molecule has 0 aromatic carbocycles. The summed E-state index contributed by atoms with van der Waals surface area (Å²) in [4.78, 5) is 37.2. The number of thiazole rings is 1. The molecule has 3 heterocycles. The van der Waals surface area contributed by atoms with Crippen LogP contribution in [0.15, 0.2) is 15.3 Å². The highest BCUT2D eigenvalue weighted by molar-refractivity contribution is 7.99. The van der Waals surface area contributed by atoms with Gasteiger partial charge in [-0.1, -0.05) is 11.8 Å². The van der Waals surface area contributed by atoms with Crippen molar-refractivity contribution in [3.8, 4) is 0 Å². The van der Waals surface area contributed by atoms with Gasteiger partial charge in [-0.3, -0.25) is 9.59 Å². The number of anilines is 1. The molecule has 0 saturated heterocycles. The zero-order valence-electron chi connectivity index (χ0n) is 12.7. The molecule has 1 amide bonds. The third-order valence-corrected chi connectivity index (χ3v) is 6.07. The van der Waals surface area contributed by atoms with Crippen LogP contribution in [0.5, 0.6) is 0 Å². The van der Waals surface area contributed by atoms with Crippen molar-refractivity contribution in [1.29, 1.82) is 0 Å². The molecule has 9 heteroatoms. The third kappa shape index (κ3) is 3.46. The lowest BCUT2D eigenvalue weighted by Gasteiger charge is -2.02. The Balaban J connectivity index is 1.68. The van der Waals surface area contributed by atoms with Crippen molar-refractivity contribution >= 4 is 55.7 Å². The van der Waals surface area contributed by atoms with E-state index in [1.54, 1.807) is 0 Å². The Labute approximate surface area is 144 Å². The van der Waals surface area contributed by atoms with Crippen LogP contribution >= 0.6 is 34.4 Å². The second-order valence-corrected chi connectivity index (χ2v) is 7.99. The van der Waals surface area contributed by atoms with Crippen molar-refractivity contribution in [2.75, 3.05) is 11.1 Å². The summed E-state index contributed by atoms with van der Waals surface area (Å²) >= 11 is 4.08. The van der Waals surface area contributed by atoms with Crippen LogP contribution < -0.4 is 10.9 Å². The molecule has 3 aromatic rings. The molecule has 0 spiro atoms. The van der Waals surface area contributed by atoms with Gasteiger partial charge in [0.1, 0.15) is 4.83 Å². The van der Waals surface area contributed by atoms with E-state index in [1.165, 1.54) is 34.4 Å². The fraction of sp³-hybridized carbons (Fsp3) is 0.286. The Morgan fingerprint density at radius 3 is 2.83 bits per heavy atom. The van der Waals surface area contributed by atoms with Crippen LogP contribution in [0.4, 0.5) is 5.13 Å². The van der Waals surface area contributed by atoms with Gasteiger partial charge in [-0.15, -0.1) is 22.7 Å². The van der Waals surface area contributed by atoms with Gasteiger partial charge in [0.05, 0.1) is 16.8 Å². The number of nitrogens with one attached hydrogen (secondary N) is 2. The van der Waals surface area contributed by atoms with Crippen molar-refractivity contribution in [2.24, 2.45) is 0 Å². The van der Waals surface area contributed by atoms with Gasteiger partial charge < -0.3 is 10.3 Å². The van der Waals surface area contributed by atoms with E-state index in [0.717, 1.165) is 16.1 Å². The Hall–Kier alpha value is -1.71. The second-order valence-electron chi connectivity index (χ2n) is 4.97. The Bertz CT molecular complexity index is 922. The first-order valence-corrected chi connectivity index (χ1v) is 9.47.